The maximum Gasteiger partial charge on any atom is 0.267 e. The van der Waals surface area contributed by atoms with Crippen molar-refractivity contribution in [3.8, 4) is 11.3 Å². The molecule has 0 saturated carbocycles. The summed E-state index contributed by atoms with van der Waals surface area (Å²) in [4.78, 5) is 11.7. The van der Waals surface area contributed by atoms with Crippen LogP contribution in [0.3, 0.4) is 0 Å². The second kappa shape index (κ2) is 5.50. The lowest BCUT2D eigenvalue weighted by Crippen LogP contribution is -2.12. The first-order valence-corrected chi connectivity index (χ1v) is 5.82. The molecule has 0 radical (unpaired) electrons. The summed E-state index contributed by atoms with van der Waals surface area (Å²) in [5, 5.41) is 8.71. The Morgan fingerprint density at radius 3 is 2.65 bits per heavy atom. The highest BCUT2D eigenvalue weighted by Gasteiger charge is 2.10. The maximum absolute atomic E-state index is 11.7. The van der Waals surface area contributed by atoms with Crippen molar-refractivity contribution in [2.24, 2.45) is 0 Å². The van der Waals surface area contributed by atoms with E-state index >= 15 is 0 Å². The van der Waals surface area contributed by atoms with Crippen molar-refractivity contribution >= 4 is 0 Å². The predicted octanol–water partition coefficient (Wildman–Crippen LogP) is 1.52. The fraction of sp³-hybridized carbons (Fsp3) is 0.308. The van der Waals surface area contributed by atoms with E-state index in [0.717, 1.165) is 36.2 Å². The molecule has 0 bridgehead atoms. The molecular weight excluding hydrogens is 214 g/mol. The van der Waals surface area contributed by atoms with Crippen molar-refractivity contribution in [3.05, 3.63) is 46.2 Å². The van der Waals surface area contributed by atoms with Gasteiger partial charge in [0, 0.05) is 5.56 Å². The zero-order valence-corrected chi connectivity index (χ0v) is 9.92. The van der Waals surface area contributed by atoms with E-state index in [4.69, 9.17) is 0 Å². The lowest BCUT2D eigenvalue weighted by molar-refractivity contribution is 0.723. The van der Waals surface area contributed by atoms with Crippen LogP contribution in [0.2, 0.25) is 0 Å². The standard InChI is InChI=1S/C13H17N3O/c1-14-9-5-8-11-12(15-16-13(11)17)10-6-3-2-4-7-10/h2-4,6-7,14H,5,8-9H2,1H3,(H2,15,16,17). The lowest BCUT2D eigenvalue weighted by Gasteiger charge is -2.02. The molecule has 0 atom stereocenters. The molecule has 2 rings (SSSR count). The van der Waals surface area contributed by atoms with E-state index < -0.39 is 0 Å². The molecule has 0 aliphatic carbocycles. The van der Waals surface area contributed by atoms with Crippen molar-refractivity contribution in [1.82, 2.24) is 15.5 Å². The lowest BCUT2D eigenvalue weighted by atomic mass is 10.0. The maximum atomic E-state index is 11.7. The van der Waals surface area contributed by atoms with Crippen molar-refractivity contribution in [2.75, 3.05) is 13.6 Å². The summed E-state index contributed by atoms with van der Waals surface area (Å²) in [6.07, 6.45) is 1.74. The van der Waals surface area contributed by atoms with Crippen molar-refractivity contribution in [1.29, 1.82) is 0 Å². The quantitative estimate of drug-likeness (QED) is 0.683. The van der Waals surface area contributed by atoms with Crippen LogP contribution in [-0.2, 0) is 6.42 Å². The Kier molecular flexibility index (Phi) is 3.77. The summed E-state index contributed by atoms with van der Waals surface area (Å²) in [5.41, 5.74) is 2.78. The second-order valence-corrected chi connectivity index (χ2v) is 4.01. The van der Waals surface area contributed by atoms with Crippen LogP contribution >= 0.6 is 0 Å². The minimum atomic E-state index is -0.0139. The van der Waals surface area contributed by atoms with Gasteiger partial charge in [0.2, 0.25) is 0 Å². The number of rotatable bonds is 5. The van der Waals surface area contributed by atoms with Crippen molar-refractivity contribution in [2.45, 2.75) is 12.8 Å². The van der Waals surface area contributed by atoms with Crippen LogP contribution in [0.15, 0.2) is 35.1 Å². The molecule has 1 heterocycles. The molecule has 4 nitrogen and oxygen atoms in total. The Bertz CT molecular complexity index is 513. The molecule has 4 heteroatoms. The Labute approximate surface area is 100 Å². The molecule has 0 unspecified atom stereocenters. The molecular formula is C13H17N3O. The third kappa shape index (κ3) is 2.65. The van der Waals surface area contributed by atoms with Crippen molar-refractivity contribution < 1.29 is 0 Å². The van der Waals surface area contributed by atoms with Crippen LogP contribution in [0, 0.1) is 0 Å². The van der Waals surface area contributed by atoms with Gasteiger partial charge in [-0.2, -0.15) is 0 Å². The van der Waals surface area contributed by atoms with Crippen LogP contribution < -0.4 is 10.9 Å². The molecule has 2 aromatic rings. The van der Waals surface area contributed by atoms with Gasteiger partial charge in [0.05, 0.1) is 5.69 Å². The molecule has 3 N–H and O–H groups in total. The minimum absolute atomic E-state index is 0.0139. The van der Waals surface area contributed by atoms with Crippen LogP contribution in [-0.4, -0.2) is 23.8 Å². The van der Waals surface area contributed by atoms with Crippen molar-refractivity contribution in [3.63, 3.8) is 0 Å². The largest absolute Gasteiger partial charge is 0.320 e. The average molecular weight is 231 g/mol. The average Bonchev–Trinajstić information content (AvgIpc) is 2.73. The highest BCUT2D eigenvalue weighted by atomic mass is 16.1. The molecule has 0 aliphatic heterocycles. The van der Waals surface area contributed by atoms with E-state index in [1.54, 1.807) is 0 Å². The summed E-state index contributed by atoms with van der Waals surface area (Å²) in [7, 11) is 1.92. The molecule has 0 aliphatic rings. The summed E-state index contributed by atoms with van der Waals surface area (Å²) < 4.78 is 0. The van der Waals surface area contributed by atoms with Gasteiger partial charge in [-0.1, -0.05) is 30.3 Å². The smallest absolute Gasteiger partial charge is 0.267 e. The molecule has 0 fully saturated rings. The monoisotopic (exact) mass is 231 g/mol. The van der Waals surface area contributed by atoms with E-state index in [0.29, 0.717) is 0 Å². The third-order valence-electron chi connectivity index (χ3n) is 2.79. The summed E-state index contributed by atoms with van der Waals surface area (Å²) >= 11 is 0. The van der Waals surface area contributed by atoms with Gasteiger partial charge in [0.25, 0.3) is 5.56 Å². The third-order valence-corrected chi connectivity index (χ3v) is 2.79. The number of nitrogens with one attached hydrogen (secondary N) is 3. The van der Waals surface area contributed by atoms with Gasteiger partial charge in [0.1, 0.15) is 0 Å². The van der Waals surface area contributed by atoms with Gasteiger partial charge < -0.3 is 5.32 Å². The zero-order valence-electron chi connectivity index (χ0n) is 9.92. The molecule has 1 aromatic carbocycles. The summed E-state index contributed by atoms with van der Waals surface area (Å²) in [6, 6.07) is 9.91. The minimum Gasteiger partial charge on any atom is -0.320 e. The Balaban J connectivity index is 2.26. The van der Waals surface area contributed by atoms with E-state index in [1.807, 2.05) is 37.4 Å². The van der Waals surface area contributed by atoms with Crippen LogP contribution in [0.5, 0.6) is 0 Å². The van der Waals surface area contributed by atoms with Gasteiger partial charge in [-0.15, -0.1) is 0 Å². The summed E-state index contributed by atoms with van der Waals surface area (Å²) in [6.45, 7) is 0.916. The fourth-order valence-corrected chi connectivity index (χ4v) is 1.92. The van der Waals surface area contributed by atoms with E-state index in [9.17, 15) is 4.79 Å². The number of hydrogen-bond acceptors (Lipinski definition) is 2. The SMILES string of the molecule is CNCCCc1c(-c2ccccc2)[nH][nH]c1=O. The Morgan fingerprint density at radius 1 is 1.18 bits per heavy atom. The second-order valence-electron chi connectivity index (χ2n) is 4.01. The van der Waals surface area contributed by atoms with E-state index in [1.165, 1.54) is 0 Å². The molecule has 0 amide bonds. The predicted molar refractivity (Wildman–Crippen MR) is 69.1 cm³/mol. The molecule has 17 heavy (non-hydrogen) atoms. The van der Waals surface area contributed by atoms with Crippen LogP contribution in [0.25, 0.3) is 11.3 Å². The number of H-pyrrole nitrogens is 2. The molecule has 0 spiro atoms. The molecule has 90 valence electrons. The van der Waals surface area contributed by atoms with Gasteiger partial charge in [-0.05, 0) is 32.0 Å². The Morgan fingerprint density at radius 2 is 1.94 bits per heavy atom. The number of benzene rings is 1. The highest BCUT2D eigenvalue weighted by Crippen LogP contribution is 2.19. The van der Waals surface area contributed by atoms with Gasteiger partial charge in [-0.25, -0.2) is 0 Å². The first-order chi connectivity index (χ1) is 8.33. The normalized spacial score (nSPS) is 10.6. The first-order valence-electron chi connectivity index (χ1n) is 5.82. The topological polar surface area (TPSA) is 60.7 Å². The zero-order chi connectivity index (χ0) is 12.1. The molecule has 0 saturated heterocycles. The van der Waals surface area contributed by atoms with E-state index in [2.05, 4.69) is 15.5 Å². The first kappa shape index (κ1) is 11.7. The fourth-order valence-electron chi connectivity index (χ4n) is 1.92. The van der Waals surface area contributed by atoms with Crippen LogP contribution in [0.1, 0.15) is 12.0 Å². The highest BCUT2D eigenvalue weighted by molar-refractivity contribution is 5.62. The van der Waals surface area contributed by atoms with E-state index in [-0.39, 0.29) is 5.56 Å². The Hall–Kier alpha value is -1.81. The number of aromatic amines is 2. The van der Waals surface area contributed by atoms with Gasteiger partial charge in [-0.3, -0.25) is 15.0 Å². The summed E-state index contributed by atoms with van der Waals surface area (Å²) in [5.74, 6) is 0. The number of aromatic nitrogens is 2. The van der Waals surface area contributed by atoms with Gasteiger partial charge in [0.15, 0.2) is 0 Å². The van der Waals surface area contributed by atoms with Crippen LogP contribution in [0.4, 0.5) is 0 Å². The molecule has 1 aromatic heterocycles. The van der Waals surface area contributed by atoms with Gasteiger partial charge >= 0.3 is 0 Å². The number of hydrogen-bond donors (Lipinski definition) is 3.